The number of rotatable bonds is 12. The number of aromatic nitrogens is 1. The minimum absolute atomic E-state index is 0.00101. The summed E-state index contributed by atoms with van der Waals surface area (Å²) < 4.78 is 10.6. The van der Waals surface area contributed by atoms with Crippen molar-refractivity contribution >= 4 is 40.5 Å². The molecule has 0 saturated heterocycles. The lowest BCUT2D eigenvalue weighted by molar-refractivity contribution is -0.152. The van der Waals surface area contributed by atoms with Gasteiger partial charge in [0.15, 0.2) is 0 Å². The van der Waals surface area contributed by atoms with Crippen LogP contribution in [0.4, 0.5) is 5.69 Å². The Morgan fingerprint density at radius 1 is 1.27 bits per heavy atom. The predicted octanol–water partition coefficient (Wildman–Crippen LogP) is 1.88. The van der Waals surface area contributed by atoms with Crippen LogP contribution in [0.3, 0.4) is 0 Å². The number of nitrogens with zero attached hydrogens (tertiary/aromatic N) is 3. The topological polar surface area (TPSA) is 137 Å². The number of nitrogens with one attached hydrogen (secondary N) is 2. The number of H-pyrrole nitrogens is 1. The average molecular weight is 458 g/mol. The van der Waals surface area contributed by atoms with Crippen molar-refractivity contribution in [2.75, 3.05) is 26.1 Å². The van der Waals surface area contributed by atoms with Gasteiger partial charge >= 0.3 is 12.2 Å². The molecule has 1 heterocycles. The molecule has 2 rings (SSSR count). The quantitative estimate of drug-likeness (QED) is 0.216. The zero-order chi connectivity index (χ0) is 24.5. The van der Waals surface area contributed by atoms with E-state index >= 15 is 0 Å². The van der Waals surface area contributed by atoms with Gasteiger partial charge in [-0.1, -0.05) is 6.07 Å². The van der Waals surface area contributed by atoms with Gasteiger partial charge < -0.3 is 30.2 Å². The van der Waals surface area contributed by atoms with Crippen molar-refractivity contribution in [3.63, 3.8) is 0 Å². The van der Waals surface area contributed by atoms with Gasteiger partial charge in [0, 0.05) is 56.8 Å². The summed E-state index contributed by atoms with van der Waals surface area (Å²) >= 11 is 0. The van der Waals surface area contributed by atoms with Gasteiger partial charge in [-0.25, -0.2) is 4.79 Å². The summed E-state index contributed by atoms with van der Waals surface area (Å²) in [6, 6.07) is 4.95. The summed E-state index contributed by atoms with van der Waals surface area (Å²) in [6.07, 6.45) is 1.52. The third-order valence-electron chi connectivity index (χ3n) is 5.08. The summed E-state index contributed by atoms with van der Waals surface area (Å²) in [7, 11) is 5.34. The van der Waals surface area contributed by atoms with Gasteiger partial charge in [-0.05, 0) is 38.0 Å². The second-order valence-electron chi connectivity index (χ2n) is 8.16. The highest BCUT2D eigenvalue weighted by Gasteiger charge is 2.28. The average Bonchev–Trinajstić information content (AvgIpc) is 3.16. The van der Waals surface area contributed by atoms with Gasteiger partial charge in [-0.15, -0.1) is 0 Å². The molecule has 1 aromatic heterocycles. The van der Waals surface area contributed by atoms with Crippen LogP contribution in [0.25, 0.3) is 16.4 Å². The van der Waals surface area contributed by atoms with Gasteiger partial charge in [-0.2, -0.15) is 4.79 Å². The molecule has 0 unspecified atom stereocenters. The number of carbonyl (C=O) groups excluding carboxylic acids is 3. The van der Waals surface area contributed by atoms with Gasteiger partial charge in [0.1, 0.15) is 12.1 Å². The Morgan fingerprint density at radius 2 is 2.00 bits per heavy atom. The fraction of sp³-hybridized carbons (Fsp3) is 0.478. The second-order valence-corrected chi connectivity index (χ2v) is 8.16. The molecular weight excluding hydrogens is 426 g/mol. The molecule has 1 amide bonds. The number of ketones is 1. The molecule has 0 radical (unpaired) electrons. The van der Waals surface area contributed by atoms with Crippen LogP contribution < -0.4 is 10.2 Å². The Morgan fingerprint density at radius 3 is 2.61 bits per heavy atom. The van der Waals surface area contributed by atoms with E-state index in [0.717, 1.165) is 28.4 Å². The van der Waals surface area contributed by atoms with Crippen LogP contribution in [-0.4, -0.2) is 73.1 Å². The molecule has 0 aliphatic rings. The highest BCUT2D eigenvalue weighted by atomic mass is 16.5. The van der Waals surface area contributed by atoms with E-state index in [1.54, 1.807) is 13.8 Å². The summed E-state index contributed by atoms with van der Waals surface area (Å²) in [5, 5.41) is 3.61. The maximum atomic E-state index is 12.9. The number of Topliss-reactive ketones (excluding diaryl/α,β-unsaturated/α-hetero) is 1. The lowest BCUT2D eigenvalue weighted by atomic mass is 10.0. The maximum Gasteiger partial charge on any atom is 0.328 e. The molecule has 33 heavy (non-hydrogen) atoms. The molecule has 0 fully saturated rings. The minimum atomic E-state index is -1.04. The number of aromatic amines is 1. The standard InChI is InChI=1S/C23H31N5O5/c1-14(2)33-23(31)19(9-7-17(29)13-26-24)27-22(30)21(32-5)10-15-12-25-20-11-16(28(3)4)6-8-18(15)20/h6,8,11-14,19,21,25H,7,9-10H2,1-5H3,(H,27,30)/t19-,21-/m0/s1. The highest BCUT2D eigenvalue weighted by Crippen LogP contribution is 2.24. The Kier molecular flexibility index (Phi) is 9.32. The van der Waals surface area contributed by atoms with E-state index in [1.165, 1.54) is 7.11 Å². The van der Waals surface area contributed by atoms with Crippen molar-refractivity contribution in [1.82, 2.24) is 10.3 Å². The second kappa shape index (κ2) is 11.9. The van der Waals surface area contributed by atoms with Crippen LogP contribution in [0.15, 0.2) is 24.4 Å². The first-order chi connectivity index (χ1) is 15.7. The number of ether oxygens (including phenoxy) is 2. The van der Waals surface area contributed by atoms with Crippen molar-refractivity contribution in [2.24, 2.45) is 0 Å². The van der Waals surface area contributed by atoms with Crippen molar-refractivity contribution in [1.29, 1.82) is 0 Å². The first-order valence-corrected chi connectivity index (χ1v) is 10.7. The largest absolute Gasteiger partial charge is 0.461 e. The normalized spacial score (nSPS) is 12.7. The van der Waals surface area contributed by atoms with Crippen molar-refractivity contribution in [3.8, 4) is 0 Å². The monoisotopic (exact) mass is 457 g/mol. The van der Waals surface area contributed by atoms with Gasteiger partial charge in [-0.3, -0.25) is 9.59 Å². The molecule has 0 aliphatic heterocycles. The molecule has 0 bridgehead atoms. The van der Waals surface area contributed by atoms with E-state index in [0.29, 0.717) is 0 Å². The van der Waals surface area contributed by atoms with E-state index < -0.39 is 29.8 Å². The van der Waals surface area contributed by atoms with Crippen LogP contribution in [0.5, 0.6) is 0 Å². The van der Waals surface area contributed by atoms with Crippen molar-refractivity contribution < 1.29 is 28.6 Å². The number of anilines is 1. The summed E-state index contributed by atoms with van der Waals surface area (Å²) in [4.78, 5) is 45.0. The van der Waals surface area contributed by atoms with E-state index in [4.69, 9.17) is 15.0 Å². The van der Waals surface area contributed by atoms with Crippen molar-refractivity contribution in [2.45, 2.75) is 51.4 Å². The molecule has 1 aromatic carbocycles. The van der Waals surface area contributed by atoms with E-state index in [-0.39, 0.29) is 25.4 Å². The number of hydrogen-bond acceptors (Lipinski definition) is 6. The maximum absolute atomic E-state index is 12.9. The Balaban J connectivity index is 2.15. The lowest BCUT2D eigenvalue weighted by Gasteiger charge is -2.21. The number of amides is 1. The van der Waals surface area contributed by atoms with Gasteiger partial charge in [0.25, 0.3) is 0 Å². The zero-order valence-electron chi connectivity index (χ0n) is 19.6. The smallest absolute Gasteiger partial charge is 0.328 e. The number of carbonyl (C=O) groups is 3. The molecule has 0 saturated carbocycles. The van der Waals surface area contributed by atoms with Gasteiger partial charge in [0.2, 0.25) is 11.7 Å². The Hall–Kier alpha value is -3.49. The molecule has 0 aliphatic carbocycles. The predicted molar refractivity (Wildman–Crippen MR) is 124 cm³/mol. The summed E-state index contributed by atoms with van der Waals surface area (Å²) in [5.74, 6) is -1.62. The van der Waals surface area contributed by atoms with E-state index in [9.17, 15) is 14.4 Å². The Bertz CT molecular complexity index is 1040. The molecule has 10 nitrogen and oxygen atoms in total. The summed E-state index contributed by atoms with van der Waals surface area (Å²) in [5.41, 5.74) is 11.4. The zero-order valence-corrected chi connectivity index (χ0v) is 19.6. The first-order valence-electron chi connectivity index (χ1n) is 10.7. The third-order valence-corrected chi connectivity index (χ3v) is 5.08. The van der Waals surface area contributed by atoms with Crippen LogP contribution in [0.2, 0.25) is 0 Å². The lowest BCUT2D eigenvalue weighted by Crippen LogP contribution is -2.48. The van der Waals surface area contributed by atoms with Crippen LogP contribution in [0.1, 0.15) is 32.3 Å². The molecule has 2 N–H and O–H groups in total. The third kappa shape index (κ3) is 7.27. The highest BCUT2D eigenvalue weighted by molar-refractivity contribution is 6.25. The minimum Gasteiger partial charge on any atom is -0.461 e. The number of esters is 1. The molecule has 2 aromatic rings. The molecular formula is C23H31N5O5. The Labute approximate surface area is 192 Å². The van der Waals surface area contributed by atoms with Gasteiger partial charge in [0.05, 0.1) is 6.10 Å². The van der Waals surface area contributed by atoms with Crippen LogP contribution in [-0.2, 0) is 30.3 Å². The van der Waals surface area contributed by atoms with Crippen LogP contribution >= 0.6 is 0 Å². The molecule has 0 spiro atoms. The SMILES string of the molecule is CO[C@@H](Cc1c[nH]c2cc(N(C)C)ccc12)C(=O)N[C@@H](CCC(=O)C=[N+]=[N-])C(=O)OC(C)C. The number of fused-ring (bicyclic) bond motifs is 1. The fourth-order valence-electron chi connectivity index (χ4n) is 3.35. The fourth-order valence-corrected chi connectivity index (χ4v) is 3.35. The van der Waals surface area contributed by atoms with Crippen molar-refractivity contribution in [3.05, 3.63) is 35.5 Å². The molecule has 2 atom stereocenters. The van der Waals surface area contributed by atoms with E-state index in [1.807, 2.05) is 43.4 Å². The number of benzene rings is 1. The van der Waals surface area contributed by atoms with Crippen LogP contribution in [0, 0.1) is 0 Å². The molecule has 10 heteroatoms. The van der Waals surface area contributed by atoms with E-state index in [2.05, 4.69) is 15.1 Å². The first kappa shape index (κ1) is 25.8. The number of methoxy groups -OCH3 is 1. The molecule has 178 valence electrons. The summed E-state index contributed by atoms with van der Waals surface area (Å²) in [6.45, 7) is 3.38. The number of hydrogen-bond donors (Lipinski definition) is 2.